The summed E-state index contributed by atoms with van der Waals surface area (Å²) in [7, 11) is -3.47. The van der Waals surface area contributed by atoms with Gasteiger partial charge in [0.25, 0.3) is 5.69 Å². The van der Waals surface area contributed by atoms with Gasteiger partial charge in [0.1, 0.15) is 12.0 Å². The Morgan fingerprint density at radius 1 is 1.24 bits per heavy atom. The topological polar surface area (TPSA) is 179 Å². The third-order valence-corrected chi connectivity index (χ3v) is 7.04. The molecule has 0 radical (unpaired) electrons. The SMILES string of the molecule is COC(=O)CC[C@@H]1N=C(c2ccccc2Cl)c2cc([N+](=O)[O-])ccc2-n2c(SCOP(=O)(O)O)nnc21. The van der Waals surface area contributed by atoms with Crippen molar-refractivity contribution in [3.63, 3.8) is 0 Å². The second kappa shape index (κ2) is 11.1. The number of hydrogen-bond donors (Lipinski definition) is 2. The number of aliphatic imine (C=N–C) groups is 1. The van der Waals surface area contributed by atoms with Crippen LogP contribution in [-0.4, -0.2) is 54.2 Å². The fourth-order valence-electron chi connectivity index (χ4n) is 3.69. The molecule has 1 aromatic heterocycles. The van der Waals surface area contributed by atoms with Crippen molar-refractivity contribution in [3.8, 4) is 5.69 Å². The maximum Gasteiger partial charge on any atom is 0.470 e. The number of rotatable bonds is 9. The van der Waals surface area contributed by atoms with Gasteiger partial charge in [0.2, 0.25) is 0 Å². The van der Waals surface area contributed by atoms with Crippen molar-refractivity contribution in [2.24, 2.45) is 4.99 Å². The molecule has 0 unspecified atom stereocenters. The number of thioether (sulfide) groups is 1. The third kappa shape index (κ3) is 6.06. The van der Waals surface area contributed by atoms with E-state index in [1.165, 1.54) is 25.3 Å². The van der Waals surface area contributed by atoms with E-state index in [0.717, 1.165) is 11.8 Å². The molecule has 194 valence electrons. The number of carbonyl (C=O) groups is 1. The molecular weight excluding hydrogens is 549 g/mol. The Labute approximate surface area is 218 Å². The predicted octanol–water partition coefficient (Wildman–Crippen LogP) is 3.83. The highest BCUT2D eigenvalue weighted by molar-refractivity contribution is 7.99. The second-order valence-electron chi connectivity index (χ2n) is 7.60. The van der Waals surface area contributed by atoms with Gasteiger partial charge in [-0.05, 0) is 18.6 Å². The number of hydrogen-bond acceptors (Lipinski definition) is 10. The van der Waals surface area contributed by atoms with Crippen molar-refractivity contribution in [1.82, 2.24) is 14.8 Å². The van der Waals surface area contributed by atoms with Crippen LogP contribution >= 0.6 is 31.2 Å². The number of aromatic nitrogens is 3. The third-order valence-electron chi connectivity index (χ3n) is 5.32. The zero-order valence-corrected chi connectivity index (χ0v) is 21.5. The highest BCUT2D eigenvalue weighted by Gasteiger charge is 2.31. The van der Waals surface area contributed by atoms with Gasteiger partial charge in [0, 0.05) is 34.7 Å². The first-order chi connectivity index (χ1) is 17.6. The second-order valence-corrected chi connectivity index (χ2v) is 10.1. The van der Waals surface area contributed by atoms with E-state index < -0.39 is 30.7 Å². The average Bonchev–Trinajstić information content (AvgIpc) is 3.21. The van der Waals surface area contributed by atoms with Gasteiger partial charge < -0.3 is 14.5 Å². The number of phosphoric acid groups is 1. The molecule has 3 aromatic rings. The molecule has 0 aliphatic carbocycles. The molecule has 0 saturated carbocycles. The molecule has 16 heteroatoms. The van der Waals surface area contributed by atoms with Crippen LogP contribution < -0.4 is 0 Å². The number of carbonyl (C=O) groups excluding carboxylic acids is 1. The molecule has 2 N–H and O–H groups in total. The molecule has 37 heavy (non-hydrogen) atoms. The predicted molar refractivity (Wildman–Crippen MR) is 133 cm³/mol. The summed E-state index contributed by atoms with van der Waals surface area (Å²) in [6, 6.07) is 10.3. The minimum Gasteiger partial charge on any atom is -0.469 e. The first-order valence-corrected chi connectivity index (χ1v) is 13.5. The van der Waals surface area contributed by atoms with E-state index in [1.807, 2.05) is 0 Å². The van der Waals surface area contributed by atoms with Crippen LogP contribution in [0.15, 0.2) is 52.6 Å². The molecule has 0 amide bonds. The number of nitrogens with zero attached hydrogens (tertiary/aromatic N) is 5. The fourth-order valence-corrected chi connectivity index (χ4v) is 5.20. The Morgan fingerprint density at radius 3 is 2.68 bits per heavy atom. The molecule has 0 spiro atoms. The van der Waals surface area contributed by atoms with Crippen LogP contribution in [0, 0.1) is 10.1 Å². The van der Waals surface area contributed by atoms with Crippen molar-refractivity contribution < 1.29 is 33.3 Å². The summed E-state index contributed by atoms with van der Waals surface area (Å²) in [5.74, 6) is -0.613. The van der Waals surface area contributed by atoms with Crippen LogP contribution in [0.1, 0.15) is 35.8 Å². The number of ether oxygens (including phenoxy) is 1. The lowest BCUT2D eigenvalue weighted by Gasteiger charge is -2.14. The monoisotopic (exact) mass is 567 g/mol. The summed E-state index contributed by atoms with van der Waals surface area (Å²) >= 11 is 7.34. The smallest absolute Gasteiger partial charge is 0.469 e. The summed E-state index contributed by atoms with van der Waals surface area (Å²) in [6.07, 6.45) is 0.159. The van der Waals surface area contributed by atoms with Crippen molar-refractivity contribution >= 4 is 48.6 Å². The number of phosphoric ester groups is 1. The molecule has 4 rings (SSSR count). The quantitative estimate of drug-likeness (QED) is 0.0957. The number of halogens is 1. The Hall–Kier alpha value is -3.13. The van der Waals surface area contributed by atoms with Crippen LogP contribution in [0.25, 0.3) is 5.69 Å². The minimum atomic E-state index is -4.74. The first kappa shape index (κ1) is 26.9. The minimum absolute atomic E-state index is 0.00633. The highest BCUT2D eigenvalue weighted by Crippen LogP contribution is 2.40. The zero-order chi connectivity index (χ0) is 26.7. The Bertz CT molecular complexity index is 1440. The number of methoxy groups -OCH3 is 1. The van der Waals surface area contributed by atoms with Gasteiger partial charge in [0.05, 0.1) is 23.4 Å². The lowest BCUT2D eigenvalue weighted by atomic mass is 9.99. The van der Waals surface area contributed by atoms with Crippen molar-refractivity contribution in [1.29, 1.82) is 0 Å². The summed E-state index contributed by atoms with van der Waals surface area (Å²) in [4.78, 5) is 45.9. The zero-order valence-electron chi connectivity index (χ0n) is 19.1. The van der Waals surface area contributed by atoms with E-state index in [4.69, 9.17) is 31.1 Å². The van der Waals surface area contributed by atoms with Crippen molar-refractivity contribution in [3.05, 3.63) is 74.6 Å². The summed E-state index contributed by atoms with van der Waals surface area (Å²) in [6.45, 7) is 0. The number of esters is 1. The molecule has 2 heterocycles. The normalized spacial score (nSPS) is 14.8. The number of non-ortho nitro benzene ring substituents is 1. The average molecular weight is 568 g/mol. The van der Waals surface area contributed by atoms with E-state index in [0.29, 0.717) is 33.4 Å². The summed E-state index contributed by atoms with van der Waals surface area (Å²) in [5, 5.41) is 20.5. The molecule has 2 aromatic carbocycles. The summed E-state index contributed by atoms with van der Waals surface area (Å²) in [5.41, 5.74) is 1.42. The van der Waals surface area contributed by atoms with Gasteiger partial charge in [-0.1, -0.05) is 41.6 Å². The Balaban J connectivity index is 1.92. The molecule has 13 nitrogen and oxygen atoms in total. The number of benzene rings is 2. The van der Waals surface area contributed by atoms with Gasteiger partial charge in [-0.3, -0.25) is 29.0 Å². The lowest BCUT2D eigenvalue weighted by Crippen LogP contribution is -2.09. The van der Waals surface area contributed by atoms with Gasteiger partial charge >= 0.3 is 13.8 Å². The van der Waals surface area contributed by atoms with Gasteiger partial charge in [-0.2, -0.15) is 0 Å². The van der Waals surface area contributed by atoms with E-state index in [-0.39, 0.29) is 23.7 Å². The molecule has 1 atom stereocenters. The molecule has 0 bridgehead atoms. The van der Waals surface area contributed by atoms with E-state index in [2.05, 4.69) is 14.7 Å². The van der Waals surface area contributed by atoms with Crippen LogP contribution in [-0.2, 0) is 18.6 Å². The molecule has 0 fully saturated rings. The Morgan fingerprint density at radius 2 is 2.00 bits per heavy atom. The van der Waals surface area contributed by atoms with Crippen LogP contribution in [0.2, 0.25) is 5.02 Å². The van der Waals surface area contributed by atoms with Crippen LogP contribution in [0.3, 0.4) is 0 Å². The first-order valence-electron chi connectivity index (χ1n) is 10.6. The lowest BCUT2D eigenvalue weighted by molar-refractivity contribution is -0.384. The molecular formula is C21H19ClN5O8PS. The molecule has 1 aliphatic heterocycles. The summed E-state index contributed by atoms with van der Waals surface area (Å²) < 4.78 is 22.0. The fraction of sp³-hybridized carbons (Fsp3) is 0.238. The Kier molecular flexibility index (Phi) is 8.07. The van der Waals surface area contributed by atoms with Gasteiger partial charge in [0.15, 0.2) is 11.0 Å². The largest absolute Gasteiger partial charge is 0.470 e. The van der Waals surface area contributed by atoms with Crippen molar-refractivity contribution in [2.45, 2.75) is 24.0 Å². The highest BCUT2D eigenvalue weighted by atomic mass is 35.5. The number of nitro benzene ring substituents is 1. The van der Waals surface area contributed by atoms with Crippen LogP contribution in [0.4, 0.5) is 5.69 Å². The molecule has 1 aliphatic rings. The number of nitro groups is 1. The van der Waals surface area contributed by atoms with Crippen LogP contribution in [0.5, 0.6) is 0 Å². The van der Waals surface area contributed by atoms with Gasteiger partial charge in [-0.15, -0.1) is 10.2 Å². The van der Waals surface area contributed by atoms with E-state index >= 15 is 0 Å². The van der Waals surface area contributed by atoms with E-state index in [9.17, 15) is 19.5 Å². The maximum atomic E-state index is 11.9. The maximum absolute atomic E-state index is 11.9. The van der Waals surface area contributed by atoms with Crippen molar-refractivity contribution in [2.75, 3.05) is 13.0 Å². The molecule has 0 saturated heterocycles. The van der Waals surface area contributed by atoms with E-state index in [1.54, 1.807) is 28.8 Å². The number of fused-ring (bicyclic) bond motifs is 3. The van der Waals surface area contributed by atoms with Gasteiger partial charge in [-0.25, -0.2) is 4.57 Å². The standard InChI is InChI=1S/C21H19ClN5O8PS/c1-34-18(28)9-7-16-20-24-25-21(37-11-35-36(31,32)33)26(20)17-8-6-12(27(29)30)10-14(17)19(23-16)13-4-2-3-5-15(13)22/h2-6,8,10,16H,7,9,11H2,1H3,(H2,31,32,33)/t16-/m0/s1.